The van der Waals surface area contributed by atoms with Gasteiger partial charge in [-0.3, -0.25) is 4.79 Å². The zero-order valence-electron chi connectivity index (χ0n) is 9.68. The van der Waals surface area contributed by atoms with E-state index in [4.69, 9.17) is 5.11 Å². The van der Waals surface area contributed by atoms with Crippen LogP contribution in [0.25, 0.3) is 0 Å². The van der Waals surface area contributed by atoms with E-state index in [-0.39, 0.29) is 18.1 Å². The van der Waals surface area contributed by atoms with Gasteiger partial charge in [0.05, 0.1) is 0 Å². The Bertz CT molecular complexity index is 213. The highest BCUT2D eigenvalue weighted by atomic mass is 16.3. The molecular weight excluding hydrogens is 192 g/mol. The quantitative estimate of drug-likeness (QED) is 0.575. The number of carbonyl (C=O) groups is 1. The molecule has 0 aromatic carbocycles. The Labute approximate surface area is 91.4 Å². The molecular formula is C11H22N2O2. The molecule has 0 aliphatic heterocycles. The predicted molar refractivity (Wildman–Crippen MR) is 59.6 cm³/mol. The molecule has 0 spiro atoms. The van der Waals surface area contributed by atoms with Gasteiger partial charge in [0.1, 0.15) is 0 Å². The van der Waals surface area contributed by atoms with Crippen LogP contribution in [0.4, 0.5) is 0 Å². The molecule has 0 radical (unpaired) electrons. The number of amides is 1. The van der Waals surface area contributed by atoms with Crippen LogP contribution < -0.4 is 10.6 Å². The average Bonchev–Trinajstić information content (AvgIpc) is 2.86. The number of carbonyl (C=O) groups excluding carboxylic acids is 1. The minimum atomic E-state index is -0.300. The Hall–Kier alpha value is -0.610. The lowest BCUT2D eigenvalue weighted by Gasteiger charge is -2.25. The molecule has 1 aliphatic rings. The lowest BCUT2D eigenvalue weighted by atomic mass is 10.0. The summed E-state index contributed by atoms with van der Waals surface area (Å²) in [6, 6.07) is 0.656. The number of hydrogen-bond donors (Lipinski definition) is 3. The molecule has 4 heteroatoms. The Morgan fingerprint density at radius 3 is 2.67 bits per heavy atom. The summed E-state index contributed by atoms with van der Waals surface area (Å²) in [5.74, 6) is 0.0570. The fourth-order valence-electron chi connectivity index (χ4n) is 1.46. The zero-order chi connectivity index (χ0) is 11.3. The van der Waals surface area contributed by atoms with E-state index in [1.165, 1.54) is 12.8 Å². The highest BCUT2D eigenvalue weighted by Crippen LogP contribution is 2.18. The van der Waals surface area contributed by atoms with Crippen LogP contribution in [0.1, 0.15) is 39.5 Å². The highest BCUT2D eigenvalue weighted by molar-refractivity contribution is 5.76. The van der Waals surface area contributed by atoms with E-state index in [1.54, 1.807) is 0 Å². The summed E-state index contributed by atoms with van der Waals surface area (Å²) < 4.78 is 0. The molecule has 3 N–H and O–H groups in total. The van der Waals surface area contributed by atoms with Gasteiger partial charge in [0.2, 0.25) is 5.91 Å². The van der Waals surface area contributed by atoms with E-state index in [2.05, 4.69) is 10.6 Å². The molecule has 0 aromatic heterocycles. The summed E-state index contributed by atoms with van der Waals surface area (Å²) in [4.78, 5) is 11.5. The van der Waals surface area contributed by atoms with Gasteiger partial charge in [-0.05, 0) is 33.1 Å². The molecule has 15 heavy (non-hydrogen) atoms. The van der Waals surface area contributed by atoms with Crippen LogP contribution in [0.2, 0.25) is 0 Å². The van der Waals surface area contributed by atoms with Crippen molar-refractivity contribution < 1.29 is 9.90 Å². The second-order valence-corrected chi connectivity index (χ2v) is 4.88. The number of hydrogen-bond acceptors (Lipinski definition) is 3. The standard InChI is InChI=1S/C11H22N2O2/c1-11(2,6-8-14)13-10(15)5-7-12-9-3-4-9/h9,12,14H,3-8H2,1-2H3,(H,13,15). The minimum Gasteiger partial charge on any atom is -0.396 e. The lowest BCUT2D eigenvalue weighted by molar-refractivity contribution is -0.122. The van der Waals surface area contributed by atoms with Crippen LogP contribution in [0.3, 0.4) is 0 Å². The van der Waals surface area contributed by atoms with E-state index in [9.17, 15) is 4.79 Å². The van der Waals surface area contributed by atoms with Gasteiger partial charge >= 0.3 is 0 Å². The summed E-state index contributed by atoms with van der Waals surface area (Å²) in [6.07, 6.45) is 3.61. The normalized spacial score (nSPS) is 16.5. The summed E-state index contributed by atoms with van der Waals surface area (Å²) in [5.41, 5.74) is -0.300. The molecule has 0 heterocycles. The smallest absolute Gasteiger partial charge is 0.221 e. The number of nitrogens with one attached hydrogen (secondary N) is 2. The summed E-state index contributed by atoms with van der Waals surface area (Å²) >= 11 is 0. The molecule has 1 amide bonds. The van der Waals surface area contributed by atoms with Crippen molar-refractivity contribution >= 4 is 5.91 Å². The molecule has 88 valence electrons. The third-order valence-corrected chi connectivity index (χ3v) is 2.58. The van der Waals surface area contributed by atoms with E-state index < -0.39 is 0 Å². The van der Waals surface area contributed by atoms with Gasteiger partial charge in [-0.25, -0.2) is 0 Å². The zero-order valence-corrected chi connectivity index (χ0v) is 9.68. The predicted octanol–water partition coefficient (Wildman–Crippen LogP) is 0.406. The van der Waals surface area contributed by atoms with Gasteiger partial charge in [-0.2, -0.15) is 0 Å². The van der Waals surface area contributed by atoms with Gasteiger partial charge in [-0.1, -0.05) is 0 Å². The molecule has 1 aliphatic carbocycles. The molecule has 0 aromatic rings. The third kappa shape index (κ3) is 5.74. The summed E-state index contributed by atoms with van der Waals surface area (Å²) in [6.45, 7) is 4.71. The molecule has 0 unspecified atom stereocenters. The van der Waals surface area contributed by atoms with Gasteiger partial charge < -0.3 is 15.7 Å². The van der Waals surface area contributed by atoms with Crippen molar-refractivity contribution in [3.63, 3.8) is 0 Å². The first-order valence-corrected chi connectivity index (χ1v) is 5.69. The van der Waals surface area contributed by atoms with Crippen LogP contribution in [0.5, 0.6) is 0 Å². The van der Waals surface area contributed by atoms with Gasteiger partial charge in [-0.15, -0.1) is 0 Å². The molecule has 0 bridgehead atoms. The van der Waals surface area contributed by atoms with Crippen LogP contribution in [-0.4, -0.2) is 35.7 Å². The second kappa shape index (κ2) is 5.47. The van der Waals surface area contributed by atoms with Crippen LogP contribution in [0, 0.1) is 0 Å². The Kier molecular flexibility index (Phi) is 4.54. The highest BCUT2D eigenvalue weighted by Gasteiger charge is 2.22. The molecule has 1 rings (SSSR count). The van der Waals surface area contributed by atoms with Crippen molar-refractivity contribution in [2.75, 3.05) is 13.2 Å². The maximum Gasteiger partial charge on any atom is 0.221 e. The van der Waals surface area contributed by atoms with Crippen LogP contribution >= 0.6 is 0 Å². The molecule has 4 nitrogen and oxygen atoms in total. The van der Waals surface area contributed by atoms with Crippen molar-refractivity contribution in [1.82, 2.24) is 10.6 Å². The Morgan fingerprint density at radius 2 is 2.13 bits per heavy atom. The van der Waals surface area contributed by atoms with Crippen molar-refractivity contribution in [2.24, 2.45) is 0 Å². The van der Waals surface area contributed by atoms with Crippen LogP contribution in [-0.2, 0) is 4.79 Å². The molecule has 1 fully saturated rings. The first-order valence-electron chi connectivity index (χ1n) is 5.69. The number of aliphatic hydroxyl groups excluding tert-OH is 1. The number of aliphatic hydroxyl groups is 1. The Morgan fingerprint density at radius 1 is 1.47 bits per heavy atom. The van der Waals surface area contributed by atoms with Gasteiger partial charge in [0.25, 0.3) is 0 Å². The maximum absolute atomic E-state index is 11.5. The van der Waals surface area contributed by atoms with Gasteiger partial charge in [0.15, 0.2) is 0 Å². The SMILES string of the molecule is CC(C)(CCO)NC(=O)CCNC1CC1. The fraction of sp³-hybridized carbons (Fsp3) is 0.909. The van der Waals surface area contributed by atoms with Crippen molar-refractivity contribution in [3.05, 3.63) is 0 Å². The monoisotopic (exact) mass is 214 g/mol. The molecule has 0 saturated heterocycles. The third-order valence-electron chi connectivity index (χ3n) is 2.58. The van der Waals surface area contributed by atoms with E-state index in [1.807, 2.05) is 13.8 Å². The van der Waals surface area contributed by atoms with Gasteiger partial charge in [0, 0.05) is 31.2 Å². The first kappa shape index (κ1) is 12.5. The molecule has 1 saturated carbocycles. The lowest BCUT2D eigenvalue weighted by Crippen LogP contribution is -2.44. The van der Waals surface area contributed by atoms with Crippen LogP contribution in [0.15, 0.2) is 0 Å². The largest absolute Gasteiger partial charge is 0.396 e. The van der Waals surface area contributed by atoms with E-state index >= 15 is 0 Å². The second-order valence-electron chi connectivity index (χ2n) is 4.88. The van der Waals surface area contributed by atoms with Crippen molar-refractivity contribution in [2.45, 2.75) is 51.1 Å². The average molecular weight is 214 g/mol. The van der Waals surface area contributed by atoms with Crippen molar-refractivity contribution in [3.8, 4) is 0 Å². The first-order chi connectivity index (χ1) is 7.03. The molecule has 0 atom stereocenters. The maximum atomic E-state index is 11.5. The topological polar surface area (TPSA) is 61.4 Å². The minimum absolute atomic E-state index is 0.0570. The van der Waals surface area contributed by atoms with Crippen molar-refractivity contribution in [1.29, 1.82) is 0 Å². The van der Waals surface area contributed by atoms with E-state index in [0.29, 0.717) is 18.9 Å². The fourth-order valence-corrected chi connectivity index (χ4v) is 1.46. The summed E-state index contributed by atoms with van der Waals surface area (Å²) in [7, 11) is 0. The Balaban J connectivity index is 2.10. The van der Waals surface area contributed by atoms with E-state index in [0.717, 1.165) is 6.54 Å². The summed E-state index contributed by atoms with van der Waals surface area (Å²) in [5, 5.41) is 15.0. The number of rotatable bonds is 7.